The van der Waals surface area contributed by atoms with Crippen molar-refractivity contribution in [2.45, 2.75) is 26.4 Å². The van der Waals surface area contributed by atoms with E-state index < -0.39 is 12.1 Å². The lowest BCUT2D eigenvalue weighted by Crippen LogP contribution is -2.36. The van der Waals surface area contributed by atoms with E-state index in [2.05, 4.69) is 5.32 Å². The van der Waals surface area contributed by atoms with Gasteiger partial charge in [-0.1, -0.05) is 25.1 Å². The highest BCUT2D eigenvalue weighted by Crippen LogP contribution is 2.19. The fraction of sp³-hybridized carbons (Fsp3) is 0.333. The van der Waals surface area contributed by atoms with Crippen LogP contribution in [0.2, 0.25) is 0 Å². The zero-order valence-corrected chi connectivity index (χ0v) is 11.5. The molecule has 0 saturated carbocycles. The third-order valence-electron chi connectivity index (χ3n) is 2.83. The van der Waals surface area contributed by atoms with Gasteiger partial charge in [0.25, 0.3) is 5.91 Å². The number of nitrogens with one attached hydrogen (secondary N) is 1. The molecule has 106 valence electrons. The Kier molecular flexibility index (Phi) is 4.40. The number of ether oxygens (including phenoxy) is 1. The molecule has 0 bridgehead atoms. The van der Waals surface area contributed by atoms with Crippen molar-refractivity contribution in [2.24, 2.45) is 0 Å². The molecule has 1 aromatic carbocycles. The van der Waals surface area contributed by atoms with Gasteiger partial charge >= 0.3 is 5.97 Å². The largest absolute Gasteiger partial charge is 0.449 e. The highest BCUT2D eigenvalue weighted by molar-refractivity contribution is 5.94. The smallest absolute Gasteiger partial charge is 0.375 e. The van der Waals surface area contributed by atoms with E-state index in [0.29, 0.717) is 12.1 Å². The van der Waals surface area contributed by atoms with Crippen LogP contribution in [0, 0.1) is 0 Å². The van der Waals surface area contributed by atoms with Crippen molar-refractivity contribution in [3.63, 3.8) is 0 Å². The van der Waals surface area contributed by atoms with E-state index in [9.17, 15) is 9.59 Å². The van der Waals surface area contributed by atoms with Gasteiger partial charge in [0, 0.05) is 11.9 Å². The topological polar surface area (TPSA) is 68.5 Å². The third kappa shape index (κ3) is 3.17. The van der Waals surface area contributed by atoms with Crippen molar-refractivity contribution >= 4 is 22.8 Å². The van der Waals surface area contributed by atoms with Gasteiger partial charge in [0.05, 0.1) is 0 Å². The Bertz CT molecular complexity index is 584. The molecule has 1 atom stereocenters. The number of hydrogen-bond donors (Lipinski definition) is 1. The van der Waals surface area contributed by atoms with E-state index in [0.717, 1.165) is 11.8 Å². The zero-order valence-electron chi connectivity index (χ0n) is 11.5. The van der Waals surface area contributed by atoms with E-state index in [-0.39, 0.29) is 11.7 Å². The highest BCUT2D eigenvalue weighted by Gasteiger charge is 2.21. The Morgan fingerprint density at radius 2 is 2.10 bits per heavy atom. The van der Waals surface area contributed by atoms with Gasteiger partial charge in [0.15, 0.2) is 6.10 Å². The minimum Gasteiger partial charge on any atom is -0.449 e. The monoisotopic (exact) mass is 275 g/mol. The molecule has 0 aliphatic heterocycles. The molecule has 0 fully saturated rings. The van der Waals surface area contributed by atoms with Crippen molar-refractivity contribution in [2.75, 3.05) is 6.54 Å². The second-order valence-corrected chi connectivity index (χ2v) is 4.49. The summed E-state index contributed by atoms with van der Waals surface area (Å²) in [5.74, 6) is -0.849. The number of amides is 1. The van der Waals surface area contributed by atoms with Crippen LogP contribution in [-0.4, -0.2) is 24.5 Å². The number of furan rings is 1. The van der Waals surface area contributed by atoms with Crippen molar-refractivity contribution in [1.29, 1.82) is 0 Å². The molecule has 0 unspecified atom stereocenters. The molecule has 0 spiro atoms. The lowest BCUT2D eigenvalue weighted by Gasteiger charge is -2.11. The minimum atomic E-state index is -0.845. The predicted octanol–water partition coefficient (Wildman–Crippen LogP) is 2.50. The van der Waals surface area contributed by atoms with E-state index in [1.165, 1.54) is 6.92 Å². The molecule has 0 aliphatic carbocycles. The van der Waals surface area contributed by atoms with Gasteiger partial charge < -0.3 is 14.5 Å². The summed E-state index contributed by atoms with van der Waals surface area (Å²) in [5, 5.41) is 3.49. The van der Waals surface area contributed by atoms with Crippen molar-refractivity contribution in [1.82, 2.24) is 5.32 Å². The second kappa shape index (κ2) is 6.23. The zero-order chi connectivity index (χ0) is 14.5. The van der Waals surface area contributed by atoms with E-state index >= 15 is 0 Å². The number of esters is 1. The number of carbonyl (C=O) groups is 2. The number of para-hydroxylation sites is 1. The first-order valence-electron chi connectivity index (χ1n) is 6.59. The summed E-state index contributed by atoms with van der Waals surface area (Å²) in [6.45, 7) is 4.04. The summed E-state index contributed by atoms with van der Waals surface area (Å²) in [6.07, 6.45) is -0.0158. The molecule has 5 heteroatoms. The molecular weight excluding hydrogens is 258 g/mol. The van der Waals surface area contributed by atoms with Crippen LogP contribution < -0.4 is 5.32 Å². The van der Waals surface area contributed by atoms with Crippen LogP contribution in [0.5, 0.6) is 0 Å². The SMILES string of the molecule is CCCNC(=O)[C@@H](C)OC(=O)c1cc2ccccc2o1. The fourth-order valence-electron chi connectivity index (χ4n) is 1.75. The van der Waals surface area contributed by atoms with Crippen LogP contribution >= 0.6 is 0 Å². The summed E-state index contributed by atoms with van der Waals surface area (Å²) in [5.41, 5.74) is 0.613. The van der Waals surface area contributed by atoms with E-state index in [4.69, 9.17) is 9.15 Å². The second-order valence-electron chi connectivity index (χ2n) is 4.49. The normalized spacial score (nSPS) is 12.1. The first kappa shape index (κ1) is 14.1. The Morgan fingerprint density at radius 3 is 2.80 bits per heavy atom. The Balaban J connectivity index is 2.02. The van der Waals surface area contributed by atoms with Crippen LogP contribution in [0.4, 0.5) is 0 Å². The van der Waals surface area contributed by atoms with Crippen molar-refractivity contribution < 1.29 is 18.7 Å². The maximum Gasteiger partial charge on any atom is 0.375 e. The third-order valence-corrected chi connectivity index (χ3v) is 2.83. The lowest BCUT2D eigenvalue weighted by molar-refractivity contribution is -0.129. The van der Waals surface area contributed by atoms with E-state index in [1.807, 2.05) is 25.1 Å². The Labute approximate surface area is 116 Å². The van der Waals surface area contributed by atoms with Crippen LogP contribution in [0.1, 0.15) is 30.8 Å². The molecule has 20 heavy (non-hydrogen) atoms. The molecule has 1 heterocycles. The van der Waals surface area contributed by atoms with Gasteiger partial charge in [-0.2, -0.15) is 0 Å². The summed E-state index contributed by atoms with van der Waals surface area (Å²) in [4.78, 5) is 23.5. The molecule has 1 N–H and O–H groups in total. The summed E-state index contributed by atoms with van der Waals surface area (Å²) >= 11 is 0. The molecule has 0 radical (unpaired) electrons. The minimum absolute atomic E-state index is 0.0985. The predicted molar refractivity (Wildman–Crippen MR) is 74.4 cm³/mol. The molecule has 2 rings (SSSR count). The molecule has 5 nitrogen and oxygen atoms in total. The Hall–Kier alpha value is -2.30. The lowest BCUT2D eigenvalue weighted by atomic mass is 10.2. The quantitative estimate of drug-likeness (QED) is 0.851. The molecule has 1 amide bonds. The van der Waals surface area contributed by atoms with Gasteiger partial charge in [-0.15, -0.1) is 0 Å². The van der Waals surface area contributed by atoms with Crippen molar-refractivity contribution in [3.05, 3.63) is 36.1 Å². The first-order valence-corrected chi connectivity index (χ1v) is 6.59. The number of rotatable bonds is 5. The van der Waals surface area contributed by atoms with E-state index in [1.54, 1.807) is 12.1 Å². The maximum atomic E-state index is 11.9. The van der Waals surface area contributed by atoms with Gasteiger partial charge in [0.1, 0.15) is 5.58 Å². The van der Waals surface area contributed by atoms with Gasteiger partial charge in [-0.3, -0.25) is 4.79 Å². The summed E-state index contributed by atoms with van der Waals surface area (Å²) < 4.78 is 10.5. The van der Waals surface area contributed by atoms with Crippen LogP contribution in [0.3, 0.4) is 0 Å². The Morgan fingerprint density at radius 1 is 1.35 bits per heavy atom. The summed E-state index contributed by atoms with van der Waals surface area (Å²) in [6, 6.07) is 8.89. The maximum absolute atomic E-state index is 11.9. The average molecular weight is 275 g/mol. The summed E-state index contributed by atoms with van der Waals surface area (Å²) in [7, 11) is 0. The van der Waals surface area contributed by atoms with Crippen LogP contribution in [0.25, 0.3) is 11.0 Å². The van der Waals surface area contributed by atoms with Gasteiger partial charge in [-0.25, -0.2) is 4.79 Å². The number of hydrogen-bond acceptors (Lipinski definition) is 4. The van der Waals surface area contributed by atoms with Crippen molar-refractivity contribution in [3.8, 4) is 0 Å². The van der Waals surface area contributed by atoms with Crippen LogP contribution in [0.15, 0.2) is 34.7 Å². The molecule has 1 aromatic heterocycles. The van der Waals surface area contributed by atoms with Gasteiger partial charge in [0.2, 0.25) is 5.76 Å². The fourth-order valence-corrected chi connectivity index (χ4v) is 1.75. The number of benzene rings is 1. The highest BCUT2D eigenvalue weighted by atomic mass is 16.6. The van der Waals surface area contributed by atoms with Gasteiger partial charge in [-0.05, 0) is 25.5 Å². The molecule has 2 aromatic rings. The molecule has 0 aliphatic rings. The molecule has 0 saturated heterocycles. The van der Waals surface area contributed by atoms with Crippen LogP contribution in [-0.2, 0) is 9.53 Å². The first-order chi connectivity index (χ1) is 9.61. The standard InChI is InChI=1S/C15H17NO4/c1-3-8-16-14(17)10(2)19-15(18)13-9-11-6-4-5-7-12(11)20-13/h4-7,9-10H,3,8H2,1-2H3,(H,16,17)/t10-/m1/s1. The average Bonchev–Trinajstić information content (AvgIpc) is 2.88. The number of carbonyl (C=O) groups excluding carboxylic acids is 2. The molecular formula is C15H17NO4. The number of fused-ring (bicyclic) bond motifs is 1.